The number of carbonyl (C=O) groups is 1. The average molecular weight is 310 g/mol. The number of rotatable bonds is 6. The summed E-state index contributed by atoms with van der Waals surface area (Å²) in [6.07, 6.45) is 3.37. The predicted molar refractivity (Wildman–Crippen MR) is 80.5 cm³/mol. The van der Waals surface area contributed by atoms with E-state index in [1.54, 1.807) is 18.3 Å². The van der Waals surface area contributed by atoms with Crippen molar-refractivity contribution in [1.82, 2.24) is 19.8 Å². The molecule has 0 fully saturated rings. The third kappa shape index (κ3) is 3.79. The van der Waals surface area contributed by atoms with Crippen LogP contribution in [0.25, 0.3) is 10.9 Å². The van der Waals surface area contributed by atoms with Crippen LogP contribution >= 0.6 is 0 Å². The van der Waals surface area contributed by atoms with Gasteiger partial charge in [0.25, 0.3) is 5.91 Å². The normalized spacial score (nSPS) is 12.0. The van der Waals surface area contributed by atoms with Gasteiger partial charge in [0, 0.05) is 25.5 Å². The minimum Gasteiger partial charge on any atom is -0.352 e. The Morgan fingerprint density at radius 2 is 2.19 bits per heavy atom. The first-order valence-corrected chi connectivity index (χ1v) is 8.36. The number of carbonyl (C=O) groups excluding carboxylic acids is 1. The van der Waals surface area contributed by atoms with E-state index in [0.717, 1.165) is 11.6 Å². The summed E-state index contributed by atoms with van der Waals surface area (Å²) in [5.41, 5.74) is 1.23. The Balaban J connectivity index is 1.90. The minimum absolute atomic E-state index is 0.202. The van der Waals surface area contributed by atoms with Gasteiger partial charge < -0.3 is 5.32 Å². The summed E-state index contributed by atoms with van der Waals surface area (Å²) < 4.78 is 23.7. The molecule has 0 atom stereocenters. The first-order valence-electron chi connectivity index (χ1n) is 6.51. The van der Waals surface area contributed by atoms with Gasteiger partial charge in [-0.05, 0) is 12.5 Å². The lowest BCUT2D eigenvalue weighted by Gasteiger charge is -2.13. The summed E-state index contributed by atoms with van der Waals surface area (Å²) in [5, 5.41) is 10.4. The first-order chi connectivity index (χ1) is 9.89. The molecule has 1 aromatic heterocycles. The maximum Gasteiger partial charge on any atom is 0.253 e. The minimum atomic E-state index is -3.17. The Labute approximate surface area is 123 Å². The van der Waals surface area contributed by atoms with Crippen LogP contribution in [0.15, 0.2) is 24.4 Å². The monoisotopic (exact) mass is 310 g/mol. The first kappa shape index (κ1) is 15.5. The van der Waals surface area contributed by atoms with E-state index in [1.807, 2.05) is 6.07 Å². The molecule has 7 nitrogen and oxygen atoms in total. The molecule has 0 aliphatic rings. The van der Waals surface area contributed by atoms with E-state index in [2.05, 4.69) is 15.5 Å². The summed E-state index contributed by atoms with van der Waals surface area (Å²) >= 11 is 0. The number of fused-ring (bicyclic) bond motifs is 1. The van der Waals surface area contributed by atoms with Crippen molar-refractivity contribution in [1.29, 1.82) is 0 Å². The lowest BCUT2D eigenvalue weighted by molar-refractivity contribution is 0.0954. The van der Waals surface area contributed by atoms with Gasteiger partial charge in [0.05, 0.1) is 23.5 Å². The number of hydrogen-bond acceptors (Lipinski definition) is 4. The van der Waals surface area contributed by atoms with Crippen LogP contribution in [0.2, 0.25) is 0 Å². The van der Waals surface area contributed by atoms with E-state index >= 15 is 0 Å². The van der Waals surface area contributed by atoms with Crippen molar-refractivity contribution < 1.29 is 13.2 Å². The molecule has 0 aliphatic heterocycles. The molecule has 0 bridgehead atoms. The number of hydrogen-bond donors (Lipinski definition) is 2. The Hall–Kier alpha value is -1.93. The maximum atomic E-state index is 12.1. The molecule has 2 N–H and O–H groups in total. The van der Waals surface area contributed by atoms with Crippen LogP contribution in [0.5, 0.6) is 0 Å². The van der Waals surface area contributed by atoms with E-state index in [-0.39, 0.29) is 5.91 Å². The van der Waals surface area contributed by atoms with E-state index < -0.39 is 10.0 Å². The number of amides is 1. The topological polar surface area (TPSA) is 95.2 Å². The van der Waals surface area contributed by atoms with Gasteiger partial charge in [0.1, 0.15) is 0 Å². The van der Waals surface area contributed by atoms with E-state index in [4.69, 9.17) is 0 Å². The van der Waals surface area contributed by atoms with Crippen LogP contribution in [0.3, 0.4) is 0 Å². The van der Waals surface area contributed by atoms with Crippen molar-refractivity contribution in [2.75, 3.05) is 26.4 Å². The summed E-state index contributed by atoms with van der Waals surface area (Å²) in [7, 11) is -1.65. The average Bonchev–Trinajstić information content (AvgIpc) is 2.90. The van der Waals surface area contributed by atoms with Crippen LogP contribution in [0.4, 0.5) is 0 Å². The molecule has 1 heterocycles. The molecule has 2 rings (SSSR count). The highest BCUT2D eigenvalue weighted by molar-refractivity contribution is 7.88. The number of para-hydroxylation sites is 1. The van der Waals surface area contributed by atoms with Crippen LogP contribution in [0.1, 0.15) is 16.8 Å². The third-order valence-corrected chi connectivity index (χ3v) is 4.54. The van der Waals surface area contributed by atoms with Crippen molar-refractivity contribution in [3.05, 3.63) is 30.0 Å². The highest BCUT2D eigenvalue weighted by Crippen LogP contribution is 2.15. The van der Waals surface area contributed by atoms with E-state index in [1.165, 1.54) is 11.4 Å². The van der Waals surface area contributed by atoms with Crippen molar-refractivity contribution in [3.8, 4) is 0 Å². The molecule has 8 heteroatoms. The standard InChI is InChI=1S/C13H18N4O3S/c1-17(21(2,19)20)8-4-7-14-13(18)11-6-3-5-10-9-15-16-12(10)11/h3,5-6,9H,4,7-8H2,1-2H3,(H,14,18)(H,15,16). The van der Waals surface area contributed by atoms with Gasteiger partial charge in [-0.1, -0.05) is 12.1 Å². The Morgan fingerprint density at radius 3 is 2.90 bits per heavy atom. The molecule has 0 radical (unpaired) electrons. The number of aromatic amines is 1. The molecule has 0 saturated carbocycles. The molecule has 0 unspecified atom stereocenters. The van der Waals surface area contributed by atoms with Gasteiger partial charge in [-0.25, -0.2) is 12.7 Å². The molecule has 2 aromatic rings. The van der Waals surface area contributed by atoms with E-state index in [0.29, 0.717) is 30.6 Å². The zero-order valence-electron chi connectivity index (χ0n) is 12.0. The summed E-state index contributed by atoms with van der Waals surface area (Å²) in [6, 6.07) is 5.39. The Morgan fingerprint density at radius 1 is 1.43 bits per heavy atom. The number of aromatic nitrogens is 2. The van der Waals surface area contributed by atoms with Gasteiger partial charge in [0.15, 0.2) is 0 Å². The van der Waals surface area contributed by atoms with Crippen molar-refractivity contribution >= 4 is 26.8 Å². The molecular weight excluding hydrogens is 292 g/mol. The van der Waals surface area contributed by atoms with Crippen molar-refractivity contribution in [2.24, 2.45) is 0 Å². The third-order valence-electron chi connectivity index (χ3n) is 3.22. The smallest absolute Gasteiger partial charge is 0.253 e. The number of benzene rings is 1. The number of H-pyrrole nitrogens is 1. The second-order valence-corrected chi connectivity index (χ2v) is 6.92. The fourth-order valence-corrected chi connectivity index (χ4v) is 2.38. The molecule has 0 aliphatic carbocycles. The van der Waals surface area contributed by atoms with Gasteiger partial charge in [0.2, 0.25) is 10.0 Å². The van der Waals surface area contributed by atoms with Gasteiger partial charge >= 0.3 is 0 Å². The van der Waals surface area contributed by atoms with Crippen LogP contribution in [0, 0.1) is 0 Å². The van der Waals surface area contributed by atoms with Crippen LogP contribution in [-0.4, -0.2) is 55.2 Å². The van der Waals surface area contributed by atoms with Crippen LogP contribution in [-0.2, 0) is 10.0 Å². The quantitative estimate of drug-likeness (QED) is 0.763. The lowest BCUT2D eigenvalue weighted by atomic mass is 10.1. The molecule has 21 heavy (non-hydrogen) atoms. The molecule has 1 amide bonds. The largest absolute Gasteiger partial charge is 0.352 e. The maximum absolute atomic E-state index is 12.1. The molecule has 0 spiro atoms. The molecule has 1 aromatic carbocycles. The second kappa shape index (κ2) is 6.23. The Kier molecular flexibility index (Phi) is 4.59. The summed E-state index contributed by atoms with van der Waals surface area (Å²) in [5.74, 6) is -0.202. The second-order valence-electron chi connectivity index (χ2n) is 4.83. The van der Waals surface area contributed by atoms with Gasteiger partial charge in [-0.3, -0.25) is 9.89 Å². The SMILES string of the molecule is CN(CCCNC(=O)c1cccc2cn[nH]c12)S(C)(=O)=O. The summed E-state index contributed by atoms with van der Waals surface area (Å²) in [4.78, 5) is 12.1. The fourth-order valence-electron chi connectivity index (χ4n) is 1.92. The number of nitrogens with one attached hydrogen (secondary N) is 2. The van der Waals surface area contributed by atoms with Crippen LogP contribution < -0.4 is 5.32 Å². The molecular formula is C13H18N4O3S. The Bertz CT molecular complexity index is 739. The van der Waals surface area contributed by atoms with Gasteiger partial charge in [-0.2, -0.15) is 5.10 Å². The summed E-state index contributed by atoms with van der Waals surface area (Å²) in [6.45, 7) is 0.774. The van der Waals surface area contributed by atoms with Crippen molar-refractivity contribution in [2.45, 2.75) is 6.42 Å². The highest BCUT2D eigenvalue weighted by atomic mass is 32.2. The van der Waals surface area contributed by atoms with E-state index in [9.17, 15) is 13.2 Å². The predicted octanol–water partition coefficient (Wildman–Crippen LogP) is 0.574. The highest BCUT2D eigenvalue weighted by Gasteiger charge is 2.12. The zero-order valence-corrected chi connectivity index (χ0v) is 12.8. The number of sulfonamides is 1. The molecule has 114 valence electrons. The number of nitrogens with zero attached hydrogens (tertiary/aromatic N) is 2. The van der Waals surface area contributed by atoms with Crippen molar-refractivity contribution in [3.63, 3.8) is 0 Å². The lowest BCUT2D eigenvalue weighted by Crippen LogP contribution is -2.31. The zero-order chi connectivity index (χ0) is 15.5. The molecule has 0 saturated heterocycles. The fraction of sp³-hybridized carbons (Fsp3) is 0.385. The van der Waals surface area contributed by atoms with Gasteiger partial charge in [-0.15, -0.1) is 0 Å².